The van der Waals surface area contributed by atoms with Crippen molar-refractivity contribution in [3.8, 4) is 0 Å². The van der Waals surface area contributed by atoms with Crippen molar-refractivity contribution in [3.63, 3.8) is 0 Å². The lowest BCUT2D eigenvalue weighted by atomic mass is 10.2. The second kappa shape index (κ2) is 5.82. The van der Waals surface area contributed by atoms with E-state index in [1.165, 1.54) is 5.57 Å². The second-order valence-corrected chi connectivity index (χ2v) is 4.72. The smallest absolute Gasteiger partial charge is 0.128 e. The Morgan fingerprint density at radius 1 is 1.29 bits per heavy atom. The van der Waals surface area contributed by atoms with E-state index in [4.69, 9.17) is 0 Å². The van der Waals surface area contributed by atoms with E-state index in [-0.39, 0.29) is 0 Å². The normalized spacial score (nSPS) is 17.1. The molecule has 1 aromatic heterocycles. The lowest BCUT2D eigenvalue weighted by molar-refractivity contribution is 0.260. The maximum absolute atomic E-state index is 4.39. The minimum atomic E-state index is 1.08. The van der Waals surface area contributed by atoms with Crippen molar-refractivity contribution in [1.82, 2.24) is 9.88 Å². The summed E-state index contributed by atoms with van der Waals surface area (Å²) >= 11 is 0. The highest BCUT2D eigenvalue weighted by Gasteiger charge is 2.16. The van der Waals surface area contributed by atoms with Gasteiger partial charge in [0.25, 0.3) is 0 Å². The van der Waals surface area contributed by atoms with Crippen LogP contribution >= 0.6 is 0 Å². The van der Waals surface area contributed by atoms with E-state index >= 15 is 0 Å². The van der Waals surface area contributed by atoms with Gasteiger partial charge in [-0.2, -0.15) is 0 Å². The average molecular weight is 231 g/mol. The first kappa shape index (κ1) is 12.1. The Morgan fingerprint density at radius 2 is 2.06 bits per heavy atom. The number of anilines is 1. The van der Waals surface area contributed by atoms with Gasteiger partial charge < -0.3 is 4.90 Å². The van der Waals surface area contributed by atoms with Crippen molar-refractivity contribution < 1.29 is 0 Å². The molecular weight excluding hydrogens is 210 g/mol. The average Bonchev–Trinajstić information content (AvgIpc) is 2.38. The van der Waals surface area contributed by atoms with Crippen LogP contribution in [0.5, 0.6) is 0 Å². The first-order valence-electron chi connectivity index (χ1n) is 6.28. The van der Waals surface area contributed by atoms with Crippen LogP contribution < -0.4 is 4.90 Å². The van der Waals surface area contributed by atoms with Crippen molar-refractivity contribution in [2.75, 3.05) is 37.6 Å². The number of rotatable bonds is 4. The van der Waals surface area contributed by atoms with Crippen molar-refractivity contribution in [1.29, 1.82) is 0 Å². The van der Waals surface area contributed by atoms with Crippen LogP contribution in [0.3, 0.4) is 0 Å². The molecule has 0 aromatic carbocycles. The Bertz CT molecular complexity index is 353. The summed E-state index contributed by atoms with van der Waals surface area (Å²) in [5.74, 6) is 1.10. The van der Waals surface area contributed by atoms with Gasteiger partial charge in [0.05, 0.1) is 0 Å². The van der Waals surface area contributed by atoms with Gasteiger partial charge >= 0.3 is 0 Å². The van der Waals surface area contributed by atoms with Gasteiger partial charge in [-0.3, -0.25) is 4.90 Å². The molecule has 17 heavy (non-hydrogen) atoms. The number of piperazine rings is 1. The van der Waals surface area contributed by atoms with E-state index in [2.05, 4.69) is 40.4 Å². The minimum absolute atomic E-state index is 1.08. The molecule has 1 fully saturated rings. The first-order chi connectivity index (χ1) is 8.25. The molecule has 1 aliphatic rings. The third kappa shape index (κ3) is 3.56. The zero-order chi connectivity index (χ0) is 12.1. The fraction of sp³-hybridized carbons (Fsp3) is 0.500. The maximum atomic E-state index is 4.39. The highest BCUT2D eigenvalue weighted by Crippen LogP contribution is 2.12. The molecule has 0 radical (unpaired) electrons. The highest BCUT2D eigenvalue weighted by atomic mass is 15.3. The fourth-order valence-electron chi connectivity index (χ4n) is 2.09. The third-order valence-corrected chi connectivity index (χ3v) is 3.20. The molecule has 3 heteroatoms. The summed E-state index contributed by atoms with van der Waals surface area (Å²) in [5, 5.41) is 0. The summed E-state index contributed by atoms with van der Waals surface area (Å²) in [6.45, 7) is 11.6. The molecule has 0 N–H and O–H groups in total. The standard InChI is InChI=1S/C14H21N3/c1-13(2)6-8-16-9-11-17(12-10-16)14-5-3-4-7-15-14/h3-5,7H,1,6,8-12H2,2H3. The Balaban J connectivity index is 1.80. The molecule has 1 aromatic rings. The zero-order valence-electron chi connectivity index (χ0n) is 10.6. The maximum Gasteiger partial charge on any atom is 0.128 e. The van der Waals surface area contributed by atoms with Crippen LogP contribution in [0, 0.1) is 0 Å². The number of nitrogens with zero attached hydrogens (tertiary/aromatic N) is 3. The van der Waals surface area contributed by atoms with E-state index in [9.17, 15) is 0 Å². The number of hydrogen-bond acceptors (Lipinski definition) is 3. The van der Waals surface area contributed by atoms with E-state index in [1.807, 2.05) is 12.3 Å². The molecule has 0 aliphatic carbocycles. The van der Waals surface area contributed by atoms with E-state index in [0.717, 1.165) is 45.0 Å². The van der Waals surface area contributed by atoms with Crippen LogP contribution in [0.15, 0.2) is 36.5 Å². The number of aromatic nitrogens is 1. The largest absolute Gasteiger partial charge is 0.354 e. The first-order valence-corrected chi connectivity index (χ1v) is 6.28. The summed E-state index contributed by atoms with van der Waals surface area (Å²) in [6, 6.07) is 6.10. The SMILES string of the molecule is C=C(C)CCN1CCN(c2ccccn2)CC1. The minimum Gasteiger partial charge on any atom is -0.354 e. The molecule has 0 saturated carbocycles. The Labute approximate surface area is 104 Å². The summed E-state index contributed by atoms with van der Waals surface area (Å²) < 4.78 is 0. The van der Waals surface area contributed by atoms with Crippen molar-refractivity contribution in [2.24, 2.45) is 0 Å². The van der Waals surface area contributed by atoms with Crippen LogP contribution in [-0.4, -0.2) is 42.6 Å². The van der Waals surface area contributed by atoms with Gasteiger partial charge in [-0.1, -0.05) is 11.6 Å². The lowest BCUT2D eigenvalue weighted by Crippen LogP contribution is -2.46. The molecule has 92 valence electrons. The molecule has 0 unspecified atom stereocenters. The third-order valence-electron chi connectivity index (χ3n) is 3.20. The number of hydrogen-bond donors (Lipinski definition) is 0. The predicted molar refractivity (Wildman–Crippen MR) is 72.3 cm³/mol. The molecular formula is C14H21N3. The van der Waals surface area contributed by atoms with Crippen LogP contribution in [0.1, 0.15) is 13.3 Å². The van der Waals surface area contributed by atoms with Gasteiger partial charge in [-0.05, 0) is 25.5 Å². The van der Waals surface area contributed by atoms with Crippen LogP contribution in [-0.2, 0) is 0 Å². The Kier molecular flexibility index (Phi) is 4.15. The quantitative estimate of drug-likeness (QED) is 0.740. The predicted octanol–water partition coefficient (Wildman–Crippen LogP) is 2.17. The summed E-state index contributed by atoms with van der Waals surface area (Å²) in [5.41, 5.74) is 1.28. The van der Waals surface area contributed by atoms with Gasteiger partial charge in [-0.25, -0.2) is 4.98 Å². The molecule has 1 aliphatic heterocycles. The van der Waals surface area contributed by atoms with Crippen LogP contribution in [0.25, 0.3) is 0 Å². The lowest BCUT2D eigenvalue weighted by Gasteiger charge is -2.35. The molecule has 0 spiro atoms. The zero-order valence-corrected chi connectivity index (χ0v) is 10.6. The molecule has 2 heterocycles. The number of pyridine rings is 1. The summed E-state index contributed by atoms with van der Waals surface area (Å²) in [6.07, 6.45) is 2.98. The van der Waals surface area contributed by atoms with Gasteiger partial charge in [0.15, 0.2) is 0 Å². The van der Waals surface area contributed by atoms with Gasteiger partial charge in [0.2, 0.25) is 0 Å². The molecule has 1 saturated heterocycles. The van der Waals surface area contributed by atoms with Crippen molar-refractivity contribution in [3.05, 3.63) is 36.5 Å². The van der Waals surface area contributed by atoms with Crippen molar-refractivity contribution >= 4 is 5.82 Å². The van der Waals surface area contributed by atoms with Gasteiger partial charge in [0, 0.05) is 38.9 Å². The Morgan fingerprint density at radius 3 is 2.65 bits per heavy atom. The second-order valence-electron chi connectivity index (χ2n) is 4.72. The Hall–Kier alpha value is -1.35. The van der Waals surface area contributed by atoms with Crippen molar-refractivity contribution in [2.45, 2.75) is 13.3 Å². The molecule has 2 rings (SSSR count). The van der Waals surface area contributed by atoms with E-state index < -0.39 is 0 Å². The molecule has 3 nitrogen and oxygen atoms in total. The monoisotopic (exact) mass is 231 g/mol. The highest BCUT2D eigenvalue weighted by molar-refractivity contribution is 5.38. The van der Waals surface area contributed by atoms with Crippen LogP contribution in [0.4, 0.5) is 5.82 Å². The van der Waals surface area contributed by atoms with E-state index in [1.54, 1.807) is 0 Å². The summed E-state index contributed by atoms with van der Waals surface area (Å²) in [4.78, 5) is 9.26. The molecule has 0 bridgehead atoms. The van der Waals surface area contributed by atoms with Gasteiger partial charge in [-0.15, -0.1) is 6.58 Å². The van der Waals surface area contributed by atoms with Gasteiger partial charge in [0.1, 0.15) is 5.82 Å². The topological polar surface area (TPSA) is 19.4 Å². The molecule has 0 amide bonds. The molecule has 0 atom stereocenters. The fourth-order valence-corrected chi connectivity index (χ4v) is 2.09. The summed E-state index contributed by atoms with van der Waals surface area (Å²) in [7, 11) is 0. The van der Waals surface area contributed by atoms with E-state index in [0.29, 0.717) is 0 Å². The van der Waals surface area contributed by atoms with Crippen LogP contribution in [0.2, 0.25) is 0 Å².